The Bertz CT molecular complexity index is 583. The van der Waals surface area contributed by atoms with Gasteiger partial charge in [0.2, 0.25) is 5.79 Å². The number of carbonyl (C=O) groups is 1. The number of aliphatic hydroxyl groups excluding tert-OH is 7. The van der Waals surface area contributed by atoms with Crippen LogP contribution in [0.1, 0.15) is 6.92 Å². The minimum atomic E-state index is -2.32. The summed E-state index contributed by atoms with van der Waals surface area (Å²) in [6, 6.07) is 0. The van der Waals surface area contributed by atoms with Crippen molar-refractivity contribution in [3.63, 3.8) is 0 Å². The molecule has 2 fully saturated rings. The van der Waals surface area contributed by atoms with Crippen LogP contribution in [0.3, 0.4) is 0 Å². The minimum Gasteiger partial charge on any atom is -0.394 e. The highest BCUT2D eigenvalue weighted by molar-refractivity contribution is 5.86. The first kappa shape index (κ1) is 24.0. The van der Waals surface area contributed by atoms with Crippen LogP contribution in [0.25, 0.3) is 0 Å². The van der Waals surface area contributed by atoms with Gasteiger partial charge in [-0.05, 0) is 6.92 Å². The highest BCUT2D eigenvalue weighted by atomic mass is 17.2. The van der Waals surface area contributed by atoms with Gasteiger partial charge in [0.25, 0.3) is 0 Å². The van der Waals surface area contributed by atoms with E-state index in [1.807, 2.05) is 0 Å². The molecule has 0 aromatic carbocycles. The van der Waals surface area contributed by atoms with E-state index in [9.17, 15) is 40.5 Å². The Morgan fingerprint density at radius 1 is 1.00 bits per heavy atom. The predicted molar refractivity (Wildman–Crippen MR) is 88.4 cm³/mol. The van der Waals surface area contributed by atoms with E-state index in [0.29, 0.717) is 0 Å². The van der Waals surface area contributed by atoms with Crippen molar-refractivity contribution >= 4 is 5.97 Å². The Balaban J connectivity index is 2.21. The van der Waals surface area contributed by atoms with E-state index in [1.54, 1.807) is 0 Å². The molecule has 0 radical (unpaired) electrons. The van der Waals surface area contributed by atoms with E-state index in [1.165, 1.54) is 6.92 Å². The molecule has 0 saturated carbocycles. The SMILES string of the molecule is C=C(C)C(=O)OOC[C@@]1(O[C@H]2O[C@H](CO)[C@@H](O)[C@H](O)[C@H]2O)O[C@H](CO)[C@@H](O)[C@@H]1O. The standard InChI is InChI=1S/C16H26O13/c1-6(2)14(24)29-25-5-16(13(23)10(20)8(4-18)27-16)28-15-12(22)11(21)9(19)7(3-17)26-15/h7-13,15,17-23H,1,3-5H2,2H3/t7-,8-,9-,10-,11+,12-,13+,15-,16+/m1/s1. The third kappa shape index (κ3) is 4.92. The molecule has 0 unspecified atom stereocenters. The Morgan fingerprint density at radius 2 is 1.62 bits per heavy atom. The van der Waals surface area contributed by atoms with Gasteiger partial charge < -0.3 is 50.0 Å². The van der Waals surface area contributed by atoms with Crippen molar-refractivity contribution in [3.05, 3.63) is 12.2 Å². The largest absolute Gasteiger partial charge is 0.394 e. The maximum absolute atomic E-state index is 11.5. The molecule has 168 valence electrons. The van der Waals surface area contributed by atoms with Gasteiger partial charge in [0.15, 0.2) is 12.9 Å². The van der Waals surface area contributed by atoms with Crippen LogP contribution in [-0.2, 0) is 28.8 Å². The third-order valence-electron chi connectivity index (χ3n) is 4.59. The number of hydrogen-bond acceptors (Lipinski definition) is 13. The summed E-state index contributed by atoms with van der Waals surface area (Å²) in [7, 11) is 0. The molecule has 9 atom stereocenters. The van der Waals surface area contributed by atoms with Crippen molar-refractivity contribution in [2.75, 3.05) is 19.8 Å². The van der Waals surface area contributed by atoms with Gasteiger partial charge in [0, 0.05) is 5.57 Å². The lowest BCUT2D eigenvalue weighted by Gasteiger charge is -2.43. The normalized spacial score (nSPS) is 42.6. The number of hydrogen-bond donors (Lipinski definition) is 7. The van der Waals surface area contributed by atoms with Crippen molar-refractivity contribution < 1.29 is 64.5 Å². The van der Waals surface area contributed by atoms with Gasteiger partial charge in [-0.2, -0.15) is 4.89 Å². The third-order valence-corrected chi connectivity index (χ3v) is 4.59. The second kappa shape index (κ2) is 9.72. The van der Waals surface area contributed by atoms with Crippen molar-refractivity contribution in [3.8, 4) is 0 Å². The summed E-state index contributed by atoms with van der Waals surface area (Å²) in [6.07, 6.45) is -13.3. The van der Waals surface area contributed by atoms with Crippen LogP contribution in [0.4, 0.5) is 0 Å². The fraction of sp³-hybridized carbons (Fsp3) is 0.812. The summed E-state index contributed by atoms with van der Waals surface area (Å²) in [5.74, 6) is -3.27. The Labute approximate surface area is 165 Å². The molecule has 7 N–H and O–H groups in total. The van der Waals surface area contributed by atoms with E-state index >= 15 is 0 Å². The molecule has 13 heteroatoms. The molecule has 0 aliphatic carbocycles. The van der Waals surface area contributed by atoms with Crippen molar-refractivity contribution in [1.82, 2.24) is 0 Å². The van der Waals surface area contributed by atoms with E-state index in [-0.39, 0.29) is 5.57 Å². The summed E-state index contributed by atoms with van der Waals surface area (Å²) in [5, 5.41) is 68.9. The summed E-state index contributed by atoms with van der Waals surface area (Å²) >= 11 is 0. The first-order valence-corrected chi connectivity index (χ1v) is 8.70. The monoisotopic (exact) mass is 426 g/mol. The van der Waals surface area contributed by atoms with Crippen LogP contribution in [-0.4, -0.2) is 116 Å². The Morgan fingerprint density at radius 3 is 2.14 bits per heavy atom. The molecular weight excluding hydrogens is 400 g/mol. The number of ether oxygens (including phenoxy) is 3. The number of carbonyl (C=O) groups excluding carboxylic acids is 1. The molecule has 29 heavy (non-hydrogen) atoms. The molecule has 2 rings (SSSR count). The van der Waals surface area contributed by atoms with E-state index in [2.05, 4.69) is 11.5 Å². The molecular formula is C16H26O13. The lowest BCUT2D eigenvalue weighted by Crippen LogP contribution is -2.62. The molecule has 2 saturated heterocycles. The second-order valence-corrected chi connectivity index (χ2v) is 6.81. The smallest absolute Gasteiger partial charge is 0.368 e. The van der Waals surface area contributed by atoms with Crippen LogP contribution in [0.5, 0.6) is 0 Å². The average Bonchev–Trinajstić information content (AvgIpc) is 2.93. The van der Waals surface area contributed by atoms with Crippen molar-refractivity contribution in [2.24, 2.45) is 0 Å². The van der Waals surface area contributed by atoms with Crippen molar-refractivity contribution in [1.29, 1.82) is 0 Å². The summed E-state index contributed by atoms with van der Waals surface area (Å²) in [6.45, 7) is 2.37. The highest BCUT2D eigenvalue weighted by Gasteiger charge is 2.59. The fourth-order valence-corrected chi connectivity index (χ4v) is 2.85. The van der Waals surface area contributed by atoms with Crippen molar-refractivity contribution in [2.45, 2.75) is 61.7 Å². The van der Waals surface area contributed by atoms with Gasteiger partial charge >= 0.3 is 5.97 Å². The molecule has 0 bridgehead atoms. The van der Waals surface area contributed by atoms with Gasteiger partial charge in [-0.15, -0.1) is 0 Å². The van der Waals surface area contributed by atoms with E-state index < -0.39 is 80.6 Å². The van der Waals surface area contributed by atoms with Crippen LogP contribution < -0.4 is 0 Å². The van der Waals surface area contributed by atoms with Gasteiger partial charge in [-0.3, -0.25) is 4.89 Å². The van der Waals surface area contributed by atoms with Gasteiger partial charge in [-0.25, -0.2) is 4.79 Å². The first-order chi connectivity index (χ1) is 13.6. The van der Waals surface area contributed by atoms with E-state index in [4.69, 9.17) is 19.1 Å². The Kier molecular flexibility index (Phi) is 8.06. The zero-order chi connectivity index (χ0) is 21.9. The first-order valence-electron chi connectivity index (χ1n) is 8.70. The molecule has 0 amide bonds. The molecule has 0 aromatic heterocycles. The zero-order valence-corrected chi connectivity index (χ0v) is 15.5. The van der Waals surface area contributed by atoms with Crippen LogP contribution >= 0.6 is 0 Å². The number of aliphatic hydroxyl groups is 7. The molecule has 13 nitrogen and oxygen atoms in total. The summed E-state index contributed by atoms with van der Waals surface area (Å²) in [5.41, 5.74) is -0.00457. The minimum absolute atomic E-state index is 0.00457. The Hall–Kier alpha value is -1.23. The quantitative estimate of drug-likeness (QED) is 0.111. The topological polar surface area (TPSA) is 205 Å². The number of rotatable bonds is 8. The van der Waals surface area contributed by atoms with Gasteiger partial charge in [0.05, 0.1) is 13.2 Å². The molecule has 2 heterocycles. The molecule has 0 spiro atoms. The van der Waals surface area contributed by atoms with Gasteiger partial charge in [0.1, 0.15) is 42.7 Å². The van der Waals surface area contributed by atoms with Crippen LogP contribution in [0.2, 0.25) is 0 Å². The summed E-state index contributed by atoms with van der Waals surface area (Å²) in [4.78, 5) is 20.6. The van der Waals surface area contributed by atoms with E-state index in [0.717, 1.165) is 0 Å². The van der Waals surface area contributed by atoms with Gasteiger partial charge in [-0.1, -0.05) is 6.58 Å². The zero-order valence-electron chi connectivity index (χ0n) is 15.5. The highest BCUT2D eigenvalue weighted by Crippen LogP contribution is 2.36. The lowest BCUT2D eigenvalue weighted by molar-refractivity contribution is -0.406. The molecule has 2 aliphatic heterocycles. The predicted octanol–water partition coefficient (Wildman–Crippen LogP) is -4.34. The molecule has 2 aliphatic rings. The fourth-order valence-electron chi connectivity index (χ4n) is 2.85. The maximum Gasteiger partial charge on any atom is 0.368 e. The lowest BCUT2D eigenvalue weighted by atomic mass is 9.99. The molecule has 0 aromatic rings. The average molecular weight is 426 g/mol. The maximum atomic E-state index is 11.5. The second-order valence-electron chi connectivity index (χ2n) is 6.81. The summed E-state index contributed by atoms with van der Waals surface area (Å²) < 4.78 is 16.0. The van der Waals surface area contributed by atoms with Crippen LogP contribution in [0.15, 0.2) is 12.2 Å². The van der Waals surface area contributed by atoms with Crippen LogP contribution in [0, 0.1) is 0 Å².